The average molecular weight is 226 g/mol. The lowest BCUT2D eigenvalue weighted by Crippen LogP contribution is -2.36. The molecule has 0 aromatic carbocycles. The van der Waals surface area contributed by atoms with Gasteiger partial charge in [-0.1, -0.05) is 6.08 Å². The highest BCUT2D eigenvalue weighted by molar-refractivity contribution is 5.85. The van der Waals surface area contributed by atoms with Gasteiger partial charge in [0.1, 0.15) is 0 Å². The summed E-state index contributed by atoms with van der Waals surface area (Å²) >= 11 is 0. The molecule has 0 aromatic heterocycles. The van der Waals surface area contributed by atoms with Crippen LogP contribution in [0.2, 0.25) is 0 Å². The Morgan fingerprint density at radius 3 is 2.62 bits per heavy atom. The molecule has 0 bridgehead atoms. The Bertz CT molecular complexity index is 308. The van der Waals surface area contributed by atoms with Crippen molar-refractivity contribution in [2.24, 2.45) is 0 Å². The third-order valence-corrected chi connectivity index (χ3v) is 2.40. The number of carbonyl (C=O) groups is 2. The second-order valence-electron chi connectivity index (χ2n) is 4.23. The molecule has 5 nitrogen and oxygen atoms in total. The van der Waals surface area contributed by atoms with E-state index < -0.39 is 5.97 Å². The number of likely N-dealkylation sites (N-methyl/N-ethyl adjacent to an activating group) is 1. The molecule has 16 heavy (non-hydrogen) atoms. The highest BCUT2D eigenvalue weighted by Crippen LogP contribution is 2.18. The zero-order chi connectivity index (χ0) is 12.1. The first-order valence-corrected chi connectivity index (χ1v) is 5.37. The summed E-state index contributed by atoms with van der Waals surface area (Å²) in [7, 11) is 1.79. The van der Waals surface area contributed by atoms with Crippen molar-refractivity contribution in [3.05, 3.63) is 11.6 Å². The van der Waals surface area contributed by atoms with E-state index in [2.05, 4.69) is 5.32 Å². The molecule has 1 fully saturated rings. The molecule has 0 atom stereocenters. The Labute approximate surface area is 95.1 Å². The fourth-order valence-corrected chi connectivity index (χ4v) is 1.19. The first-order chi connectivity index (χ1) is 7.49. The predicted octanol–water partition coefficient (Wildman–Crippen LogP) is 0.228. The third-order valence-electron chi connectivity index (χ3n) is 2.40. The monoisotopic (exact) mass is 226 g/mol. The van der Waals surface area contributed by atoms with Crippen LogP contribution in [0.15, 0.2) is 11.6 Å². The fraction of sp³-hybridized carbons (Fsp3) is 0.636. The standard InChI is InChI=1S/C11H18N2O3/c1-8(11(15)16)5-6-13(2)7-10(14)12-9-3-4-9/h5,9H,3-4,6-7H2,1-2H3,(H,12,14)(H,15,16). The number of carboxylic acids is 1. The smallest absolute Gasteiger partial charge is 0.330 e. The van der Waals surface area contributed by atoms with E-state index in [9.17, 15) is 9.59 Å². The third kappa shape index (κ3) is 4.93. The van der Waals surface area contributed by atoms with Gasteiger partial charge in [0.15, 0.2) is 0 Å². The van der Waals surface area contributed by atoms with E-state index in [0.29, 0.717) is 24.7 Å². The van der Waals surface area contributed by atoms with Crippen molar-refractivity contribution in [2.75, 3.05) is 20.1 Å². The minimum Gasteiger partial charge on any atom is -0.478 e. The lowest BCUT2D eigenvalue weighted by molar-refractivity contribution is -0.132. The van der Waals surface area contributed by atoms with Crippen molar-refractivity contribution < 1.29 is 14.7 Å². The van der Waals surface area contributed by atoms with Gasteiger partial charge in [0, 0.05) is 18.2 Å². The van der Waals surface area contributed by atoms with Crippen LogP contribution in [-0.2, 0) is 9.59 Å². The summed E-state index contributed by atoms with van der Waals surface area (Å²) in [6, 6.07) is 0.372. The molecule has 90 valence electrons. The molecule has 0 heterocycles. The molecule has 5 heteroatoms. The van der Waals surface area contributed by atoms with E-state index in [1.54, 1.807) is 24.9 Å². The number of amides is 1. The van der Waals surface area contributed by atoms with Gasteiger partial charge >= 0.3 is 5.97 Å². The number of nitrogens with one attached hydrogen (secondary N) is 1. The van der Waals surface area contributed by atoms with E-state index in [1.165, 1.54) is 0 Å². The van der Waals surface area contributed by atoms with Crippen LogP contribution >= 0.6 is 0 Å². The van der Waals surface area contributed by atoms with Gasteiger partial charge in [-0.15, -0.1) is 0 Å². The summed E-state index contributed by atoms with van der Waals surface area (Å²) in [4.78, 5) is 23.7. The zero-order valence-electron chi connectivity index (χ0n) is 9.69. The number of carboxylic acid groups (broad SMARTS) is 1. The first-order valence-electron chi connectivity index (χ1n) is 5.37. The Morgan fingerprint density at radius 2 is 2.12 bits per heavy atom. The van der Waals surface area contributed by atoms with Gasteiger partial charge in [0.25, 0.3) is 0 Å². The molecular formula is C11H18N2O3. The number of carbonyl (C=O) groups excluding carboxylic acids is 1. The number of hydrogen-bond acceptors (Lipinski definition) is 3. The van der Waals surface area contributed by atoms with Crippen molar-refractivity contribution in [2.45, 2.75) is 25.8 Å². The zero-order valence-corrected chi connectivity index (χ0v) is 9.69. The first kappa shape index (κ1) is 12.7. The molecule has 1 amide bonds. The Morgan fingerprint density at radius 1 is 1.50 bits per heavy atom. The summed E-state index contributed by atoms with van der Waals surface area (Å²) in [6.07, 6.45) is 3.76. The van der Waals surface area contributed by atoms with E-state index in [4.69, 9.17) is 5.11 Å². The van der Waals surface area contributed by atoms with Crippen molar-refractivity contribution in [1.29, 1.82) is 0 Å². The molecule has 1 rings (SSSR count). The summed E-state index contributed by atoms with van der Waals surface area (Å²) in [5, 5.41) is 11.5. The molecule has 1 aliphatic carbocycles. The molecule has 0 radical (unpaired) electrons. The summed E-state index contributed by atoms with van der Waals surface area (Å²) in [5.41, 5.74) is 0.300. The number of aliphatic carboxylic acids is 1. The topological polar surface area (TPSA) is 69.6 Å². The van der Waals surface area contributed by atoms with Crippen molar-refractivity contribution in [1.82, 2.24) is 10.2 Å². The SMILES string of the molecule is CC(=CCN(C)CC(=O)NC1CC1)C(=O)O. The Kier molecular flexibility index (Phi) is 4.49. The lowest BCUT2D eigenvalue weighted by atomic mass is 10.3. The van der Waals surface area contributed by atoms with Crippen LogP contribution in [0.3, 0.4) is 0 Å². The van der Waals surface area contributed by atoms with E-state index in [0.717, 1.165) is 12.8 Å². The van der Waals surface area contributed by atoms with Crippen LogP contribution in [0, 0.1) is 0 Å². The molecule has 1 aliphatic rings. The molecule has 0 spiro atoms. The van der Waals surface area contributed by atoms with Gasteiger partial charge in [-0.2, -0.15) is 0 Å². The van der Waals surface area contributed by atoms with Crippen molar-refractivity contribution in [3.63, 3.8) is 0 Å². The highest BCUT2D eigenvalue weighted by Gasteiger charge is 2.23. The van der Waals surface area contributed by atoms with Crippen molar-refractivity contribution >= 4 is 11.9 Å². The Hall–Kier alpha value is -1.36. The maximum Gasteiger partial charge on any atom is 0.330 e. The fourth-order valence-electron chi connectivity index (χ4n) is 1.19. The molecular weight excluding hydrogens is 208 g/mol. The number of hydrogen-bond donors (Lipinski definition) is 2. The van der Waals surface area contributed by atoms with Crippen LogP contribution < -0.4 is 5.32 Å². The van der Waals surface area contributed by atoms with Gasteiger partial charge in [0.05, 0.1) is 6.54 Å². The summed E-state index contributed by atoms with van der Waals surface area (Å²) in [6.45, 7) is 2.32. The molecule has 0 saturated heterocycles. The average Bonchev–Trinajstić information content (AvgIpc) is 2.97. The molecule has 1 saturated carbocycles. The number of nitrogens with zero attached hydrogens (tertiary/aromatic N) is 1. The second-order valence-corrected chi connectivity index (χ2v) is 4.23. The van der Waals surface area contributed by atoms with Gasteiger partial charge in [-0.3, -0.25) is 9.69 Å². The number of rotatable bonds is 6. The van der Waals surface area contributed by atoms with Crippen LogP contribution in [-0.4, -0.2) is 48.1 Å². The van der Waals surface area contributed by atoms with Crippen molar-refractivity contribution in [3.8, 4) is 0 Å². The highest BCUT2D eigenvalue weighted by atomic mass is 16.4. The normalized spacial score (nSPS) is 16.3. The quantitative estimate of drug-likeness (QED) is 0.636. The molecule has 2 N–H and O–H groups in total. The molecule has 0 aromatic rings. The second kappa shape index (κ2) is 5.65. The predicted molar refractivity (Wildman–Crippen MR) is 60.1 cm³/mol. The Balaban J connectivity index is 2.23. The van der Waals surface area contributed by atoms with Gasteiger partial charge in [-0.25, -0.2) is 4.79 Å². The largest absolute Gasteiger partial charge is 0.478 e. The summed E-state index contributed by atoms with van der Waals surface area (Å²) < 4.78 is 0. The maximum atomic E-state index is 11.4. The van der Waals surface area contributed by atoms with Gasteiger partial charge < -0.3 is 10.4 Å². The van der Waals surface area contributed by atoms with Gasteiger partial charge in [0.2, 0.25) is 5.91 Å². The van der Waals surface area contributed by atoms with Crippen LogP contribution in [0.1, 0.15) is 19.8 Å². The maximum absolute atomic E-state index is 11.4. The molecule has 0 aliphatic heterocycles. The van der Waals surface area contributed by atoms with E-state index in [1.807, 2.05) is 0 Å². The van der Waals surface area contributed by atoms with Gasteiger partial charge in [-0.05, 0) is 26.8 Å². The van der Waals surface area contributed by atoms with E-state index >= 15 is 0 Å². The van der Waals surface area contributed by atoms with Crippen LogP contribution in [0.5, 0.6) is 0 Å². The minimum atomic E-state index is -0.921. The van der Waals surface area contributed by atoms with E-state index in [-0.39, 0.29) is 5.91 Å². The minimum absolute atomic E-state index is 0.00591. The lowest BCUT2D eigenvalue weighted by Gasteiger charge is -2.14. The summed E-state index contributed by atoms with van der Waals surface area (Å²) in [5.74, 6) is -0.915. The molecule has 0 unspecified atom stereocenters. The van der Waals surface area contributed by atoms with Crippen LogP contribution in [0.25, 0.3) is 0 Å². The van der Waals surface area contributed by atoms with Crippen LogP contribution in [0.4, 0.5) is 0 Å².